The number of hydrogen-bond acceptors (Lipinski definition) is 7. The van der Waals surface area contributed by atoms with Crippen LogP contribution >= 0.6 is 11.3 Å². The molecule has 0 fully saturated rings. The number of carbonyl (C=O) groups is 3. The molecule has 0 bridgehead atoms. The van der Waals surface area contributed by atoms with E-state index in [4.69, 9.17) is 4.42 Å². The van der Waals surface area contributed by atoms with Crippen molar-refractivity contribution in [2.24, 2.45) is 0 Å². The lowest BCUT2D eigenvalue weighted by molar-refractivity contribution is -0.131. The van der Waals surface area contributed by atoms with Crippen LogP contribution in [0.3, 0.4) is 0 Å². The highest BCUT2D eigenvalue weighted by Crippen LogP contribution is 2.18. The number of hydrogen-bond donors (Lipinski definition) is 1. The lowest BCUT2D eigenvalue weighted by Gasteiger charge is -2.25. The van der Waals surface area contributed by atoms with E-state index < -0.39 is 0 Å². The first-order valence-corrected chi connectivity index (χ1v) is 12.7. The molecule has 10 heteroatoms. The molecule has 0 unspecified atom stereocenters. The normalized spacial score (nSPS) is 11.1. The Labute approximate surface area is 215 Å². The van der Waals surface area contributed by atoms with Crippen LogP contribution in [0.15, 0.2) is 58.5 Å². The van der Waals surface area contributed by atoms with Gasteiger partial charge in [-0.3, -0.25) is 14.4 Å². The third kappa shape index (κ3) is 8.03. The Kier molecular flexibility index (Phi) is 9.77. The number of amides is 3. The van der Waals surface area contributed by atoms with Crippen molar-refractivity contribution in [3.05, 3.63) is 71.1 Å². The molecule has 0 atom stereocenters. The number of thiazole rings is 1. The van der Waals surface area contributed by atoms with Crippen LogP contribution in [0.1, 0.15) is 35.7 Å². The second-order valence-corrected chi connectivity index (χ2v) is 9.84. The van der Waals surface area contributed by atoms with Crippen LogP contribution in [0.25, 0.3) is 0 Å². The standard InChI is InChI=1S/C26H33N5O4S/c1-19(2)31(25(34)22-11-8-14-35-22)17-23(32)28-26-27-21(18-36-26)15-24(33)30(13-12-29(3)4)16-20-9-6-5-7-10-20/h5-11,14,18-19H,12-13,15-17H2,1-4H3,(H,27,28,32). The van der Waals surface area contributed by atoms with Gasteiger partial charge in [-0.1, -0.05) is 30.3 Å². The molecule has 0 aliphatic carbocycles. The summed E-state index contributed by atoms with van der Waals surface area (Å²) in [6.07, 6.45) is 1.56. The molecule has 0 saturated carbocycles. The minimum Gasteiger partial charge on any atom is -0.459 e. The Hall–Kier alpha value is -3.50. The van der Waals surface area contributed by atoms with E-state index in [1.807, 2.05) is 68.1 Å². The first-order chi connectivity index (χ1) is 17.2. The van der Waals surface area contributed by atoms with Gasteiger partial charge in [0.25, 0.3) is 5.91 Å². The van der Waals surface area contributed by atoms with Crippen LogP contribution in [0.2, 0.25) is 0 Å². The highest BCUT2D eigenvalue weighted by Gasteiger charge is 2.24. The highest BCUT2D eigenvalue weighted by molar-refractivity contribution is 7.13. The number of nitrogens with one attached hydrogen (secondary N) is 1. The molecular formula is C26H33N5O4S. The molecule has 192 valence electrons. The summed E-state index contributed by atoms with van der Waals surface area (Å²) in [6.45, 7) is 5.40. The zero-order valence-corrected chi connectivity index (χ0v) is 22.0. The lowest BCUT2D eigenvalue weighted by Crippen LogP contribution is -2.42. The van der Waals surface area contributed by atoms with Gasteiger partial charge in [-0.25, -0.2) is 4.98 Å². The lowest BCUT2D eigenvalue weighted by atomic mass is 10.2. The van der Waals surface area contributed by atoms with Crippen molar-refractivity contribution in [2.45, 2.75) is 32.9 Å². The monoisotopic (exact) mass is 511 g/mol. The fourth-order valence-electron chi connectivity index (χ4n) is 3.47. The summed E-state index contributed by atoms with van der Waals surface area (Å²) in [5, 5.41) is 4.90. The number of furan rings is 1. The third-order valence-corrected chi connectivity index (χ3v) is 6.25. The predicted molar refractivity (Wildman–Crippen MR) is 140 cm³/mol. The molecule has 3 rings (SSSR count). The summed E-state index contributed by atoms with van der Waals surface area (Å²) in [6, 6.07) is 12.9. The molecule has 0 radical (unpaired) electrons. The number of rotatable bonds is 12. The summed E-state index contributed by atoms with van der Waals surface area (Å²) in [5.41, 5.74) is 1.66. The molecule has 36 heavy (non-hydrogen) atoms. The van der Waals surface area contributed by atoms with E-state index in [0.29, 0.717) is 23.9 Å². The van der Waals surface area contributed by atoms with E-state index >= 15 is 0 Å². The molecular weight excluding hydrogens is 478 g/mol. The van der Waals surface area contributed by atoms with Gasteiger partial charge in [0.1, 0.15) is 6.54 Å². The van der Waals surface area contributed by atoms with Gasteiger partial charge in [-0.2, -0.15) is 0 Å². The molecule has 0 saturated heterocycles. The van der Waals surface area contributed by atoms with Gasteiger partial charge < -0.3 is 24.4 Å². The average molecular weight is 512 g/mol. The van der Waals surface area contributed by atoms with E-state index in [2.05, 4.69) is 10.3 Å². The fraction of sp³-hybridized carbons (Fsp3) is 0.385. The molecule has 2 aromatic heterocycles. The van der Waals surface area contributed by atoms with Gasteiger partial charge in [0.15, 0.2) is 10.9 Å². The van der Waals surface area contributed by atoms with Crippen LogP contribution in [-0.4, -0.2) is 77.2 Å². The minimum absolute atomic E-state index is 0.0288. The van der Waals surface area contributed by atoms with Crippen molar-refractivity contribution in [1.82, 2.24) is 19.7 Å². The van der Waals surface area contributed by atoms with Crippen molar-refractivity contribution in [1.29, 1.82) is 0 Å². The average Bonchev–Trinajstić information content (AvgIpc) is 3.52. The van der Waals surface area contributed by atoms with E-state index in [1.165, 1.54) is 22.5 Å². The van der Waals surface area contributed by atoms with Crippen LogP contribution < -0.4 is 5.32 Å². The first kappa shape index (κ1) is 27.1. The van der Waals surface area contributed by atoms with E-state index in [-0.39, 0.29) is 42.5 Å². The zero-order chi connectivity index (χ0) is 26.1. The molecule has 0 aliphatic heterocycles. The second-order valence-electron chi connectivity index (χ2n) is 8.98. The molecule has 9 nitrogen and oxygen atoms in total. The van der Waals surface area contributed by atoms with Crippen LogP contribution in [-0.2, 0) is 22.6 Å². The zero-order valence-electron chi connectivity index (χ0n) is 21.1. The molecule has 3 amide bonds. The summed E-state index contributed by atoms with van der Waals surface area (Å²) in [5.74, 6) is -0.570. The van der Waals surface area contributed by atoms with Gasteiger partial charge >= 0.3 is 0 Å². The Bertz CT molecular complexity index is 1130. The summed E-state index contributed by atoms with van der Waals surface area (Å²) in [4.78, 5) is 48.1. The van der Waals surface area contributed by atoms with E-state index in [1.54, 1.807) is 17.5 Å². The summed E-state index contributed by atoms with van der Waals surface area (Å²) < 4.78 is 5.18. The quantitative estimate of drug-likeness (QED) is 0.400. The van der Waals surface area contributed by atoms with Crippen molar-refractivity contribution in [3.8, 4) is 0 Å². The van der Waals surface area contributed by atoms with E-state index in [9.17, 15) is 14.4 Å². The number of benzene rings is 1. The second kappa shape index (κ2) is 13.0. The smallest absolute Gasteiger partial charge is 0.290 e. The maximum atomic E-state index is 13.1. The molecule has 1 N–H and O–H groups in total. The Morgan fingerprint density at radius 1 is 1.06 bits per heavy atom. The number of aromatic nitrogens is 1. The van der Waals surface area contributed by atoms with Gasteiger partial charge in [0, 0.05) is 31.1 Å². The van der Waals surface area contributed by atoms with E-state index in [0.717, 1.165) is 12.1 Å². The Balaban J connectivity index is 1.59. The van der Waals surface area contributed by atoms with Crippen molar-refractivity contribution >= 4 is 34.2 Å². The maximum Gasteiger partial charge on any atom is 0.290 e. The van der Waals surface area contributed by atoms with Crippen molar-refractivity contribution < 1.29 is 18.8 Å². The Morgan fingerprint density at radius 2 is 1.81 bits per heavy atom. The van der Waals surface area contributed by atoms with Gasteiger partial charge in [0.2, 0.25) is 11.8 Å². The van der Waals surface area contributed by atoms with Crippen molar-refractivity contribution in [3.63, 3.8) is 0 Å². The maximum absolute atomic E-state index is 13.1. The molecule has 1 aromatic carbocycles. The van der Waals surface area contributed by atoms with Gasteiger partial charge in [-0.15, -0.1) is 11.3 Å². The van der Waals surface area contributed by atoms with Crippen LogP contribution in [0.4, 0.5) is 5.13 Å². The fourth-order valence-corrected chi connectivity index (χ4v) is 4.20. The van der Waals surface area contributed by atoms with Gasteiger partial charge in [-0.05, 0) is 45.6 Å². The van der Waals surface area contributed by atoms with Crippen LogP contribution in [0.5, 0.6) is 0 Å². The molecule has 3 aromatic rings. The molecule has 0 aliphatic rings. The van der Waals surface area contributed by atoms with Crippen LogP contribution in [0, 0.1) is 0 Å². The third-order valence-electron chi connectivity index (χ3n) is 5.45. The topological polar surface area (TPSA) is 99.0 Å². The summed E-state index contributed by atoms with van der Waals surface area (Å²) >= 11 is 1.25. The summed E-state index contributed by atoms with van der Waals surface area (Å²) in [7, 11) is 3.95. The highest BCUT2D eigenvalue weighted by atomic mass is 32.1. The first-order valence-electron chi connectivity index (χ1n) is 11.8. The largest absolute Gasteiger partial charge is 0.459 e. The number of likely N-dealkylation sites (N-methyl/N-ethyl adjacent to an activating group) is 1. The number of nitrogens with zero attached hydrogens (tertiary/aromatic N) is 4. The SMILES string of the molecule is CC(C)N(CC(=O)Nc1nc(CC(=O)N(CCN(C)C)Cc2ccccc2)cs1)C(=O)c1ccco1. The van der Waals surface area contributed by atoms with Crippen molar-refractivity contribution in [2.75, 3.05) is 39.0 Å². The molecule has 2 heterocycles. The predicted octanol–water partition coefficient (Wildman–Crippen LogP) is 3.36. The van der Waals surface area contributed by atoms with Gasteiger partial charge in [0.05, 0.1) is 18.4 Å². The number of anilines is 1. The minimum atomic E-state index is -0.368. The molecule has 0 spiro atoms. The number of carbonyl (C=O) groups excluding carboxylic acids is 3. The Morgan fingerprint density at radius 3 is 2.44 bits per heavy atom.